The largest absolute Gasteiger partial charge is 0.316 e. The molecule has 1 heterocycles. The van der Waals surface area contributed by atoms with E-state index in [1.165, 1.54) is 45.8 Å². The maximum absolute atomic E-state index is 3.96. The van der Waals surface area contributed by atoms with Crippen LogP contribution in [0.2, 0.25) is 0 Å². The second-order valence-corrected chi connectivity index (χ2v) is 4.67. The summed E-state index contributed by atoms with van der Waals surface area (Å²) >= 11 is 0. The summed E-state index contributed by atoms with van der Waals surface area (Å²) in [5.41, 5.74) is 5.64. The molecule has 0 amide bonds. The van der Waals surface area contributed by atoms with Gasteiger partial charge in [0.1, 0.15) is 0 Å². The van der Waals surface area contributed by atoms with Crippen molar-refractivity contribution in [3.63, 3.8) is 0 Å². The molecule has 0 atom stereocenters. The van der Waals surface area contributed by atoms with Crippen LogP contribution in [-0.2, 0) is 12.8 Å². The van der Waals surface area contributed by atoms with Gasteiger partial charge in [-0.15, -0.1) is 0 Å². The number of aryl methyl sites for hydroxylation is 2. The molecule has 17 heavy (non-hydrogen) atoms. The lowest BCUT2D eigenvalue weighted by molar-refractivity contribution is 0.846. The van der Waals surface area contributed by atoms with Crippen molar-refractivity contribution in [1.82, 2.24) is 4.57 Å². The van der Waals surface area contributed by atoms with Gasteiger partial charge < -0.3 is 4.57 Å². The first-order chi connectivity index (χ1) is 8.40. The second kappa shape index (κ2) is 3.01. The van der Waals surface area contributed by atoms with E-state index in [0.717, 1.165) is 0 Å². The molecule has 3 aromatic rings. The maximum Gasteiger partial charge on any atom is 0.0569 e. The van der Waals surface area contributed by atoms with Gasteiger partial charge in [-0.2, -0.15) is 0 Å². The molecule has 82 valence electrons. The minimum Gasteiger partial charge on any atom is -0.316 e. The van der Waals surface area contributed by atoms with Crippen molar-refractivity contribution in [3.05, 3.63) is 54.1 Å². The van der Waals surface area contributed by atoms with E-state index >= 15 is 0 Å². The fourth-order valence-corrected chi connectivity index (χ4v) is 2.99. The quantitative estimate of drug-likeness (QED) is 0.583. The predicted octanol–water partition coefficient (Wildman–Crippen LogP) is 3.99. The summed E-state index contributed by atoms with van der Waals surface area (Å²) in [4.78, 5) is 0. The fourth-order valence-electron chi connectivity index (χ4n) is 2.99. The van der Waals surface area contributed by atoms with Crippen LogP contribution in [0.1, 0.15) is 11.1 Å². The van der Waals surface area contributed by atoms with Crippen molar-refractivity contribution < 1.29 is 0 Å². The van der Waals surface area contributed by atoms with Crippen LogP contribution in [0.5, 0.6) is 0 Å². The first-order valence-corrected chi connectivity index (χ1v) is 6.06. The number of fused-ring (bicyclic) bond motifs is 5. The SMILES string of the molecule is C=Cn1c2ccccc2c2ccc3c(c21)CC3. The Balaban J connectivity index is 2.35. The van der Waals surface area contributed by atoms with Crippen LogP contribution in [0, 0.1) is 0 Å². The van der Waals surface area contributed by atoms with Crippen molar-refractivity contribution in [3.8, 4) is 0 Å². The lowest BCUT2D eigenvalue weighted by atomic mass is 9.86. The van der Waals surface area contributed by atoms with Gasteiger partial charge >= 0.3 is 0 Å². The van der Waals surface area contributed by atoms with Crippen LogP contribution in [0.4, 0.5) is 0 Å². The zero-order chi connectivity index (χ0) is 11.4. The molecule has 1 aliphatic carbocycles. The first kappa shape index (κ1) is 9.06. The molecule has 0 N–H and O–H groups in total. The Morgan fingerprint density at radius 2 is 1.88 bits per heavy atom. The van der Waals surface area contributed by atoms with Gasteiger partial charge in [-0.3, -0.25) is 0 Å². The summed E-state index contributed by atoms with van der Waals surface area (Å²) in [5, 5.41) is 2.69. The van der Waals surface area contributed by atoms with Crippen LogP contribution in [0.3, 0.4) is 0 Å². The average molecular weight is 219 g/mol. The number of rotatable bonds is 1. The molecule has 4 rings (SSSR count). The Bertz CT molecular complexity index is 762. The molecule has 1 aromatic heterocycles. The fraction of sp³-hybridized carbons (Fsp3) is 0.125. The zero-order valence-electron chi connectivity index (χ0n) is 9.61. The van der Waals surface area contributed by atoms with Crippen LogP contribution in [0.25, 0.3) is 28.0 Å². The van der Waals surface area contributed by atoms with Crippen LogP contribution >= 0.6 is 0 Å². The molecule has 2 aromatic carbocycles. The summed E-state index contributed by atoms with van der Waals surface area (Å²) in [6.07, 6.45) is 4.37. The minimum atomic E-state index is 1.21. The lowest BCUT2D eigenvalue weighted by Crippen LogP contribution is -2.09. The molecule has 1 heteroatoms. The van der Waals surface area contributed by atoms with E-state index in [0.29, 0.717) is 0 Å². The lowest BCUT2D eigenvalue weighted by Gasteiger charge is -2.20. The average Bonchev–Trinajstić information content (AvgIpc) is 2.63. The van der Waals surface area contributed by atoms with E-state index in [2.05, 4.69) is 47.5 Å². The highest BCUT2D eigenvalue weighted by molar-refractivity contribution is 6.10. The van der Waals surface area contributed by atoms with Crippen LogP contribution < -0.4 is 0 Å². The van der Waals surface area contributed by atoms with E-state index < -0.39 is 0 Å². The maximum atomic E-state index is 3.96. The summed E-state index contributed by atoms with van der Waals surface area (Å²) in [5.74, 6) is 0. The van der Waals surface area contributed by atoms with Crippen molar-refractivity contribution in [2.75, 3.05) is 0 Å². The summed E-state index contributed by atoms with van der Waals surface area (Å²) in [6, 6.07) is 13.1. The Kier molecular flexibility index (Phi) is 1.60. The summed E-state index contributed by atoms with van der Waals surface area (Å²) in [6.45, 7) is 3.96. The summed E-state index contributed by atoms with van der Waals surface area (Å²) in [7, 11) is 0. The molecule has 0 radical (unpaired) electrons. The molecule has 0 unspecified atom stereocenters. The summed E-state index contributed by atoms with van der Waals surface area (Å²) < 4.78 is 2.24. The van der Waals surface area contributed by atoms with Gasteiger partial charge in [0.05, 0.1) is 11.0 Å². The van der Waals surface area contributed by atoms with Gasteiger partial charge in [-0.25, -0.2) is 0 Å². The number of hydrogen-bond donors (Lipinski definition) is 0. The topological polar surface area (TPSA) is 4.93 Å². The number of nitrogens with zero attached hydrogens (tertiary/aromatic N) is 1. The Morgan fingerprint density at radius 3 is 2.65 bits per heavy atom. The molecule has 0 saturated heterocycles. The van der Waals surface area contributed by atoms with Crippen molar-refractivity contribution >= 4 is 28.0 Å². The third-order valence-electron chi connectivity index (χ3n) is 3.90. The monoisotopic (exact) mass is 219 g/mol. The number of aromatic nitrogens is 1. The third kappa shape index (κ3) is 0.992. The Morgan fingerprint density at radius 1 is 1.00 bits per heavy atom. The molecule has 0 aliphatic heterocycles. The molecule has 0 fully saturated rings. The number of hydrogen-bond acceptors (Lipinski definition) is 0. The molecular weight excluding hydrogens is 206 g/mol. The number of benzene rings is 2. The molecular formula is C16H13N. The first-order valence-electron chi connectivity index (χ1n) is 6.06. The Hall–Kier alpha value is -2.02. The van der Waals surface area contributed by atoms with E-state index in [1.807, 2.05) is 6.20 Å². The molecule has 0 bridgehead atoms. The van der Waals surface area contributed by atoms with Gasteiger partial charge in [0, 0.05) is 17.0 Å². The standard InChI is InChI=1S/C16H13N/c1-2-17-15-6-4-3-5-13(15)14-10-8-11-7-9-12(11)16(14)17/h2-6,8,10H,1,7,9H2. The minimum absolute atomic E-state index is 1.21. The van der Waals surface area contributed by atoms with Crippen molar-refractivity contribution in [2.45, 2.75) is 12.8 Å². The van der Waals surface area contributed by atoms with E-state index in [9.17, 15) is 0 Å². The predicted molar refractivity (Wildman–Crippen MR) is 73.2 cm³/mol. The number of para-hydroxylation sites is 1. The van der Waals surface area contributed by atoms with Gasteiger partial charge in [0.2, 0.25) is 0 Å². The molecule has 1 aliphatic rings. The zero-order valence-corrected chi connectivity index (χ0v) is 9.61. The van der Waals surface area contributed by atoms with Crippen molar-refractivity contribution in [1.29, 1.82) is 0 Å². The second-order valence-electron chi connectivity index (χ2n) is 4.67. The highest BCUT2D eigenvalue weighted by Crippen LogP contribution is 2.37. The third-order valence-corrected chi connectivity index (χ3v) is 3.90. The van der Waals surface area contributed by atoms with Gasteiger partial charge in [-0.05, 0) is 30.0 Å². The highest BCUT2D eigenvalue weighted by Gasteiger charge is 2.20. The van der Waals surface area contributed by atoms with E-state index in [1.54, 1.807) is 0 Å². The van der Waals surface area contributed by atoms with Crippen molar-refractivity contribution in [2.24, 2.45) is 0 Å². The normalized spacial score (nSPS) is 13.6. The van der Waals surface area contributed by atoms with E-state index in [4.69, 9.17) is 0 Å². The smallest absolute Gasteiger partial charge is 0.0569 e. The van der Waals surface area contributed by atoms with Crippen LogP contribution in [0.15, 0.2) is 43.0 Å². The van der Waals surface area contributed by atoms with E-state index in [-0.39, 0.29) is 0 Å². The van der Waals surface area contributed by atoms with Crippen LogP contribution in [-0.4, -0.2) is 4.57 Å². The molecule has 0 spiro atoms. The van der Waals surface area contributed by atoms with Gasteiger partial charge in [-0.1, -0.05) is 36.9 Å². The highest BCUT2D eigenvalue weighted by atomic mass is 15.0. The van der Waals surface area contributed by atoms with Gasteiger partial charge in [0.25, 0.3) is 0 Å². The molecule has 1 nitrogen and oxygen atoms in total. The Labute approximate surface area is 100.0 Å². The van der Waals surface area contributed by atoms with Gasteiger partial charge in [0.15, 0.2) is 0 Å². The molecule has 0 saturated carbocycles.